The van der Waals surface area contributed by atoms with Gasteiger partial charge in [0.15, 0.2) is 8.32 Å². The van der Waals surface area contributed by atoms with Crippen molar-refractivity contribution in [1.82, 2.24) is 10.2 Å². The minimum Gasteiger partial charge on any atom is -0.411 e. The van der Waals surface area contributed by atoms with Gasteiger partial charge in [-0.25, -0.2) is 4.79 Å². The molecule has 1 N–H and O–H groups in total. The Hall–Kier alpha value is -3.30. The van der Waals surface area contributed by atoms with Crippen LogP contribution in [0.2, 0.25) is 18.1 Å². The van der Waals surface area contributed by atoms with E-state index in [4.69, 9.17) is 13.9 Å². The van der Waals surface area contributed by atoms with Crippen molar-refractivity contribution in [3.8, 4) is 0 Å². The number of carbonyl (C=O) groups excluding carboxylic acids is 2. The fourth-order valence-electron chi connectivity index (χ4n) is 5.55. The molecule has 2 heterocycles. The lowest BCUT2D eigenvalue weighted by Crippen LogP contribution is -2.53. The number of ether oxygens (including phenoxy) is 2. The highest BCUT2D eigenvalue weighted by atomic mass is 28.4. The Morgan fingerprint density at radius 3 is 1.81 bits per heavy atom. The number of imide groups is 1. The molecule has 8 heteroatoms. The third-order valence-corrected chi connectivity index (χ3v) is 13.4. The molecule has 0 saturated carbocycles. The summed E-state index contributed by atoms with van der Waals surface area (Å²) in [6, 6.07) is 30.3. The summed E-state index contributed by atoms with van der Waals surface area (Å²) in [5.41, 5.74) is 2.12. The standard InChI is InChI=1S/C34H42N2O5Si/c1-33(2,3)42(4,5)41-28-23-31(36-22-21-30(37)35-32(36)38)40-29(28)24-39-34(25-15-9-6-10-16-25,26-17-11-7-12-18-26)27-19-13-8-14-20-27/h6-20,28-29,31H,21-24H2,1-5H3,(H,35,37,38). The highest BCUT2D eigenvalue weighted by molar-refractivity contribution is 6.74. The van der Waals surface area contributed by atoms with Crippen molar-refractivity contribution in [3.63, 3.8) is 0 Å². The van der Waals surface area contributed by atoms with E-state index in [2.05, 4.69) is 75.6 Å². The number of carbonyl (C=O) groups is 2. The normalized spacial score (nSPS) is 21.8. The fraction of sp³-hybridized carbons (Fsp3) is 0.412. The Morgan fingerprint density at radius 2 is 1.36 bits per heavy atom. The van der Waals surface area contributed by atoms with Gasteiger partial charge in [-0.2, -0.15) is 0 Å². The molecule has 2 fully saturated rings. The van der Waals surface area contributed by atoms with E-state index in [-0.39, 0.29) is 30.1 Å². The molecule has 222 valence electrons. The summed E-state index contributed by atoms with van der Waals surface area (Å²) in [5, 5.41) is 2.43. The Labute approximate surface area is 250 Å². The van der Waals surface area contributed by atoms with Gasteiger partial charge in [0.1, 0.15) is 17.9 Å². The van der Waals surface area contributed by atoms with Crippen molar-refractivity contribution in [1.29, 1.82) is 0 Å². The quantitative estimate of drug-likeness (QED) is 0.231. The summed E-state index contributed by atoms with van der Waals surface area (Å²) < 4.78 is 20.7. The first-order valence-corrected chi connectivity index (χ1v) is 17.7. The molecule has 3 unspecified atom stereocenters. The molecule has 3 amide bonds. The molecule has 0 aromatic heterocycles. The summed E-state index contributed by atoms with van der Waals surface area (Å²) in [6.45, 7) is 11.7. The third-order valence-electron chi connectivity index (χ3n) is 8.87. The average Bonchev–Trinajstić information content (AvgIpc) is 3.36. The van der Waals surface area contributed by atoms with Crippen molar-refractivity contribution < 1.29 is 23.5 Å². The van der Waals surface area contributed by atoms with Gasteiger partial charge >= 0.3 is 6.03 Å². The van der Waals surface area contributed by atoms with Crippen LogP contribution in [0.4, 0.5) is 4.79 Å². The van der Waals surface area contributed by atoms with Crippen LogP contribution in [0.25, 0.3) is 0 Å². The first-order valence-electron chi connectivity index (χ1n) is 14.8. The van der Waals surface area contributed by atoms with E-state index in [0.29, 0.717) is 13.0 Å². The summed E-state index contributed by atoms with van der Waals surface area (Å²) in [6.07, 6.45) is -0.455. The smallest absolute Gasteiger partial charge is 0.326 e. The van der Waals surface area contributed by atoms with Crippen molar-refractivity contribution in [2.75, 3.05) is 13.2 Å². The van der Waals surface area contributed by atoms with E-state index in [9.17, 15) is 9.59 Å². The number of amides is 3. The van der Waals surface area contributed by atoms with E-state index in [1.807, 2.05) is 54.6 Å². The van der Waals surface area contributed by atoms with E-state index in [0.717, 1.165) is 16.7 Å². The lowest BCUT2D eigenvalue weighted by molar-refractivity contribution is -0.125. The van der Waals surface area contributed by atoms with Crippen LogP contribution in [-0.4, -0.2) is 56.7 Å². The summed E-state index contributed by atoms with van der Waals surface area (Å²) in [5.74, 6) is -0.262. The van der Waals surface area contributed by atoms with Gasteiger partial charge in [0.05, 0.1) is 12.7 Å². The Balaban J connectivity index is 1.51. The molecule has 0 radical (unpaired) electrons. The maximum atomic E-state index is 12.8. The van der Waals surface area contributed by atoms with E-state index >= 15 is 0 Å². The summed E-state index contributed by atoms with van der Waals surface area (Å²) in [4.78, 5) is 26.2. The summed E-state index contributed by atoms with van der Waals surface area (Å²) in [7, 11) is -2.19. The molecular weight excluding hydrogens is 544 g/mol. The first kappa shape index (κ1) is 30.2. The zero-order valence-corrected chi connectivity index (χ0v) is 26.2. The molecule has 3 aromatic rings. The van der Waals surface area contributed by atoms with Crippen LogP contribution in [-0.2, 0) is 24.3 Å². The van der Waals surface area contributed by atoms with Crippen molar-refractivity contribution >= 4 is 20.3 Å². The molecule has 7 nitrogen and oxygen atoms in total. The van der Waals surface area contributed by atoms with Crippen LogP contribution in [0.3, 0.4) is 0 Å². The number of urea groups is 1. The average molecular weight is 587 g/mol. The lowest BCUT2D eigenvalue weighted by atomic mass is 9.80. The van der Waals surface area contributed by atoms with Gasteiger partial charge in [0.2, 0.25) is 5.91 Å². The SMILES string of the molecule is CC(C)(C)[Si](C)(C)OC1CC(N2CCC(=O)NC2=O)OC1COC(c1ccccc1)(c1ccccc1)c1ccccc1. The molecule has 0 aliphatic carbocycles. The molecule has 5 rings (SSSR count). The number of nitrogens with zero attached hydrogens (tertiary/aromatic N) is 1. The van der Waals surface area contributed by atoms with Crippen LogP contribution in [0, 0.1) is 0 Å². The maximum Gasteiger partial charge on any atom is 0.326 e. The molecule has 2 aliphatic heterocycles. The predicted octanol–water partition coefficient (Wildman–Crippen LogP) is 6.44. The van der Waals surface area contributed by atoms with Crippen LogP contribution < -0.4 is 5.32 Å². The Kier molecular flexibility index (Phi) is 8.71. The lowest BCUT2D eigenvalue weighted by Gasteiger charge is -2.40. The second-order valence-electron chi connectivity index (χ2n) is 12.7. The molecule has 0 spiro atoms. The van der Waals surface area contributed by atoms with E-state index < -0.39 is 32.3 Å². The monoisotopic (exact) mass is 586 g/mol. The molecule has 3 atom stereocenters. The van der Waals surface area contributed by atoms with Gasteiger partial charge in [0, 0.05) is 19.4 Å². The number of benzene rings is 3. The Morgan fingerprint density at radius 1 is 0.857 bits per heavy atom. The minimum absolute atomic E-state index is 0.00666. The highest BCUT2D eigenvalue weighted by Gasteiger charge is 2.48. The zero-order valence-electron chi connectivity index (χ0n) is 25.2. The number of hydrogen-bond acceptors (Lipinski definition) is 5. The molecule has 2 saturated heterocycles. The van der Waals surface area contributed by atoms with Crippen molar-refractivity contribution in [2.45, 2.75) is 75.8 Å². The van der Waals surface area contributed by atoms with Crippen LogP contribution in [0.15, 0.2) is 91.0 Å². The van der Waals surface area contributed by atoms with Gasteiger partial charge in [-0.3, -0.25) is 15.0 Å². The number of nitrogens with one attached hydrogen (secondary N) is 1. The number of rotatable bonds is 9. The zero-order chi connectivity index (χ0) is 30.0. The maximum absolute atomic E-state index is 12.8. The largest absolute Gasteiger partial charge is 0.411 e. The van der Waals surface area contributed by atoms with Gasteiger partial charge in [-0.1, -0.05) is 112 Å². The molecule has 0 bridgehead atoms. The van der Waals surface area contributed by atoms with Gasteiger partial charge in [0.25, 0.3) is 0 Å². The predicted molar refractivity (Wildman–Crippen MR) is 165 cm³/mol. The second-order valence-corrected chi connectivity index (χ2v) is 17.4. The highest BCUT2D eigenvalue weighted by Crippen LogP contribution is 2.43. The molecule has 2 aliphatic rings. The van der Waals surface area contributed by atoms with Crippen LogP contribution in [0.5, 0.6) is 0 Å². The number of hydrogen-bond donors (Lipinski definition) is 1. The van der Waals surface area contributed by atoms with Crippen LogP contribution in [0.1, 0.15) is 50.3 Å². The Bertz CT molecular complexity index is 1260. The fourth-order valence-corrected chi connectivity index (χ4v) is 6.91. The van der Waals surface area contributed by atoms with Gasteiger partial charge in [-0.15, -0.1) is 0 Å². The van der Waals surface area contributed by atoms with E-state index in [1.54, 1.807) is 4.90 Å². The molecule has 3 aromatic carbocycles. The van der Waals surface area contributed by atoms with E-state index in [1.165, 1.54) is 0 Å². The molecule has 42 heavy (non-hydrogen) atoms. The second kappa shape index (κ2) is 12.1. The summed E-state index contributed by atoms with van der Waals surface area (Å²) >= 11 is 0. The van der Waals surface area contributed by atoms with Gasteiger partial charge < -0.3 is 13.9 Å². The third kappa shape index (κ3) is 6.08. The topological polar surface area (TPSA) is 77.1 Å². The van der Waals surface area contributed by atoms with Crippen LogP contribution >= 0.6 is 0 Å². The first-order chi connectivity index (χ1) is 20.0. The van der Waals surface area contributed by atoms with Crippen molar-refractivity contribution in [3.05, 3.63) is 108 Å². The minimum atomic E-state index is -2.19. The van der Waals surface area contributed by atoms with Crippen molar-refractivity contribution in [2.24, 2.45) is 0 Å². The van der Waals surface area contributed by atoms with Gasteiger partial charge in [-0.05, 0) is 34.8 Å². The molecular formula is C34H42N2O5Si.